The SMILES string of the molecule is CCCCCCO[Si](O)(OCCCCCC)OCCCCCC. The van der Waals surface area contributed by atoms with Crippen LogP contribution in [0.2, 0.25) is 0 Å². The predicted octanol–water partition coefficient (Wildman–Crippen LogP) is 5.21. The lowest BCUT2D eigenvalue weighted by Crippen LogP contribution is -2.47. The Labute approximate surface area is 145 Å². The van der Waals surface area contributed by atoms with Gasteiger partial charge in [0.1, 0.15) is 0 Å². The highest BCUT2D eigenvalue weighted by Gasteiger charge is 2.40. The van der Waals surface area contributed by atoms with E-state index in [0.717, 1.165) is 38.5 Å². The van der Waals surface area contributed by atoms with Crippen LogP contribution in [0.15, 0.2) is 0 Å². The Morgan fingerprint density at radius 3 is 1.09 bits per heavy atom. The quantitative estimate of drug-likeness (QED) is 0.273. The Bertz CT molecular complexity index is 203. The summed E-state index contributed by atoms with van der Waals surface area (Å²) in [4.78, 5) is 10.6. The molecule has 0 saturated carbocycles. The average Bonchev–Trinajstić information content (AvgIpc) is 2.54. The highest BCUT2D eigenvalue weighted by atomic mass is 28.4. The Balaban J connectivity index is 4.00. The van der Waals surface area contributed by atoms with Crippen LogP contribution in [0.25, 0.3) is 0 Å². The Hall–Kier alpha value is 0.0569. The molecule has 4 nitrogen and oxygen atoms in total. The van der Waals surface area contributed by atoms with Gasteiger partial charge in [0.15, 0.2) is 0 Å². The van der Waals surface area contributed by atoms with Crippen LogP contribution in [-0.4, -0.2) is 33.7 Å². The lowest BCUT2D eigenvalue weighted by Gasteiger charge is -2.23. The number of unbranched alkanes of at least 4 members (excludes halogenated alkanes) is 9. The summed E-state index contributed by atoms with van der Waals surface area (Å²) in [7, 11) is -3.43. The van der Waals surface area contributed by atoms with Crippen molar-refractivity contribution in [2.24, 2.45) is 0 Å². The van der Waals surface area contributed by atoms with E-state index < -0.39 is 9.05 Å². The van der Waals surface area contributed by atoms with Crippen LogP contribution < -0.4 is 0 Å². The van der Waals surface area contributed by atoms with Gasteiger partial charge in [-0.15, -0.1) is 0 Å². The summed E-state index contributed by atoms with van der Waals surface area (Å²) in [6, 6.07) is 0. The fraction of sp³-hybridized carbons (Fsp3) is 1.00. The van der Waals surface area contributed by atoms with E-state index >= 15 is 0 Å². The van der Waals surface area contributed by atoms with E-state index in [0.29, 0.717) is 19.8 Å². The summed E-state index contributed by atoms with van der Waals surface area (Å²) in [5.74, 6) is 0. The van der Waals surface area contributed by atoms with E-state index in [1.807, 2.05) is 0 Å². The van der Waals surface area contributed by atoms with Crippen LogP contribution in [0.5, 0.6) is 0 Å². The van der Waals surface area contributed by atoms with Crippen LogP contribution >= 0.6 is 0 Å². The standard InChI is InChI=1S/C18H40O4Si/c1-4-7-10-13-16-20-23(19,21-17-14-11-8-5-2)22-18-15-12-9-6-3/h19H,4-18H2,1-3H3. The topological polar surface area (TPSA) is 47.9 Å². The monoisotopic (exact) mass is 348 g/mol. The summed E-state index contributed by atoms with van der Waals surface area (Å²) in [5.41, 5.74) is 0. The molecular formula is C18H40O4Si. The summed E-state index contributed by atoms with van der Waals surface area (Å²) >= 11 is 0. The molecule has 0 fully saturated rings. The van der Waals surface area contributed by atoms with Crippen molar-refractivity contribution in [1.29, 1.82) is 0 Å². The van der Waals surface area contributed by atoms with E-state index in [2.05, 4.69) is 20.8 Å². The Kier molecular flexibility index (Phi) is 16.9. The molecule has 0 rings (SSSR count). The maximum absolute atomic E-state index is 10.6. The fourth-order valence-corrected chi connectivity index (χ4v) is 3.77. The van der Waals surface area contributed by atoms with Gasteiger partial charge < -0.3 is 18.1 Å². The summed E-state index contributed by atoms with van der Waals surface area (Å²) < 4.78 is 16.9. The molecule has 0 aliphatic rings. The van der Waals surface area contributed by atoms with Crippen molar-refractivity contribution in [2.45, 2.75) is 97.8 Å². The molecule has 0 atom stereocenters. The van der Waals surface area contributed by atoms with Gasteiger partial charge in [0.2, 0.25) is 0 Å². The summed E-state index contributed by atoms with van der Waals surface area (Å²) in [6.07, 6.45) is 13.5. The second kappa shape index (κ2) is 16.9. The van der Waals surface area contributed by atoms with Gasteiger partial charge in [-0.2, -0.15) is 0 Å². The molecular weight excluding hydrogens is 308 g/mol. The highest BCUT2D eigenvalue weighted by Crippen LogP contribution is 2.12. The predicted molar refractivity (Wildman–Crippen MR) is 98.3 cm³/mol. The van der Waals surface area contributed by atoms with Crippen molar-refractivity contribution in [3.05, 3.63) is 0 Å². The largest absolute Gasteiger partial charge is 0.676 e. The third kappa shape index (κ3) is 15.3. The van der Waals surface area contributed by atoms with Gasteiger partial charge in [0.25, 0.3) is 0 Å². The molecule has 0 spiro atoms. The van der Waals surface area contributed by atoms with Crippen LogP contribution in [-0.2, 0) is 13.3 Å². The second-order valence-corrected chi connectivity index (χ2v) is 8.16. The molecule has 1 N–H and O–H groups in total. The summed E-state index contributed by atoms with van der Waals surface area (Å²) in [5, 5.41) is 0. The molecule has 0 unspecified atom stereocenters. The van der Waals surface area contributed by atoms with Gasteiger partial charge >= 0.3 is 9.05 Å². The van der Waals surface area contributed by atoms with E-state index in [9.17, 15) is 4.80 Å². The maximum Gasteiger partial charge on any atom is 0.676 e. The lowest BCUT2D eigenvalue weighted by atomic mass is 10.2. The van der Waals surface area contributed by atoms with Crippen molar-refractivity contribution in [3.63, 3.8) is 0 Å². The van der Waals surface area contributed by atoms with Crippen molar-refractivity contribution in [3.8, 4) is 0 Å². The number of rotatable bonds is 18. The van der Waals surface area contributed by atoms with Gasteiger partial charge in [-0.1, -0.05) is 78.6 Å². The van der Waals surface area contributed by atoms with Crippen molar-refractivity contribution in [2.75, 3.05) is 19.8 Å². The van der Waals surface area contributed by atoms with Crippen LogP contribution in [0.4, 0.5) is 0 Å². The molecule has 23 heavy (non-hydrogen) atoms. The maximum atomic E-state index is 10.6. The third-order valence-electron chi connectivity index (χ3n) is 3.85. The first-order chi connectivity index (χ1) is 11.2. The zero-order valence-corrected chi connectivity index (χ0v) is 16.8. The van der Waals surface area contributed by atoms with Crippen LogP contribution in [0.1, 0.15) is 97.8 Å². The van der Waals surface area contributed by atoms with Crippen molar-refractivity contribution < 1.29 is 18.1 Å². The molecule has 0 bridgehead atoms. The number of hydrogen-bond acceptors (Lipinski definition) is 4. The number of hydrogen-bond donors (Lipinski definition) is 1. The molecule has 5 heteroatoms. The molecule has 0 amide bonds. The molecule has 0 radical (unpaired) electrons. The normalized spacial score (nSPS) is 12.0. The fourth-order valence-electron chi connectivity index (χ4n) is 2.31. The Morgan fingerprint density at radius 2 is 0.826 bits per heavy atom. The van der Waals surface area contributed by atoms with Crippen LogP contribution in [0, 0.1) is 0 Å². The minimum absolute atomic E-state index is 0.534. The van der Waals surface area contributed by atoms with Gasteiger partial charge in [-0.05, 0) is 19.3 Å². The molecule has 0 aromatic rings. The Morgan fingerprint density at radius 1 is 0.522 bits per heavy atom. The molecule has 0 heterocycles. The van der Waals surface area contributed by atoms with E-state index in [-0.39, 0.29) is 0 Å². The lowest BCUT2D eigenvalue weighted by molar-refractivity contribution is -0.0102. The van der Waals surface area contributed by atoms with Gasteiger partial charge in [0, 0.05) is 19.8 Å². The smallest absolute Gasteiger partial charge is 0.367 e. The minimum Gasteiger partial charge on any atom is -0.367 e. The van der Waals surface area contributed by atoms with E-state index in [1.165, 1.54) is 38.5 Å². The van der Waals surface area contributed by atoms with Gasteiger partial charge in [-0.3, -0.25) is 0 Å². The molecule has 0 aromatic heterocycles. The first-order valence-electron chi connectivity index (χ1n) is 9.82. The molecule has 140 valence electrons. The average molecular weight is 349 g/mol. The molecule has 0 aliphatic heterocycles. The summed E-state index contributed by atoms with van der Waals surface area (Å²) in [6.45, 7) is 8.16. The molecule has 0 aromatic carbocycles. The van der Waals surface area contributed by atoms with Crippen molar-refractivity contribution >= 4 is 9.05 Å². The molecule has 0 saturated heterocycles. The zero-order chi connectivity index (χ0) is 17.2. The molecule has 0 aliphatic carbocycles. The van der Waals surface area contributed by atoms with E-state index in [1.54, 1.807) is 0 Å². The minimum atomic E-state index is -3.43. The second-order valence-electron chi connectivity index (χ2n) is 6.25. The third-order valence-corrected chi connectivity index (χ3v) is 5.55. The first-order valence-corrected chi connectivity index (χ1v) is 11.5. The van der Waals surface area contributed by atoms with E-state index in [4.69, 9.17) is 13.3 Å². The van der Waals surface area contributed by atoms with Gasteiger partial charge in [-0.25, -0.2) is 0 Å². The van der Waals surface area contributed by atoms with Crippen LogP contribution in [0.3, 0.4) is 0 Å². The first kappa shape index (κ1) is 23.1. The van der Waals surface area contributed by atoms with Crippen molar-refractivity contribution in [1.82, 2.24) is 0 Å². The highest BCUT2D eigenvalue weighted by molar-refractivity contribution is 6.51. The van der Waals surface area contributed by atoms with Gasteiger partial charge in [0.05, 0.1) is 0 Å². The zero-order valence-electron chi connectivity index (χ0n) is 15.8.